The van der Waals surface area contributed by atoms with Crippen LogP contribution in [0.15, 0.2) is 24.3 Å². The minimum Gasteiger partial charge on any atom is -0.481 e. The molecule has 1 atom stereocenters. The fourth-order valence-corrected chi connectivity index (χ4v) is 3.44. The van der Waals surface area contributed by atoms with Crippen molar-refractivity contribution in [2.75, 3.05) is 29.9 Å². The van der Waals surface area contributed by atoms with Crippen LogP contribution in [-0.4, -0.2) is 52.5 Å². The standard InChI is InChI=1S/C15H20N2O3S/c1-11-2-4-12(5-3-11)16-14(18)9-17-6-7-21-10-13(17)8-15(19)20/h2-5,13H,6-10H2,1H3,(H,16,18)(H,19,20). The molecule has 1 unspecified atom stereocenters. The highest BCUT2D eigenvalue weighted by Crippen LogP contribution is 2.19. The molecule has 5 nitrogen and oxygen atoms in total. The highest BCUT2D eigenvalue weighted by Gasteiger charge is 2.26. The van der Waals surface area contributed by atoms with E-state index in [1.54, 1.807) is 11.8 Å². The van der Waals surface area contributed by atoms with E-state index in [4.69, 9.17) is 5.11 Å². The summed E-state index contributed by atoms with van der Waals surface area (Å²) >= 11 is 1.74. The maximum atomic E-state index is 12.1. The summed E-state index contributed by atoms with van der Waals surface area (Å²) in [6, 6.07) is 7.56. The quantitative estimate of drug-likeness (QED) is 0.868. The molecule has 1 aromatic rings. The lowest BCUT2D eigenvalue weighted by Crippen LogP contribution is -2.47. The van der Waals surface area contributed by atoms with Crippen molar-refractivity contribution in [2.45, 2.75) is 19.4 Å². The van der Waals surface area contributed by atoms with E-state index < -0.39 is 5.97 Å². The smallest absolute Gasteiger partial charge is 0.304 e. The molecule has 2 N–H and O–H groups in total. The lowest BCUT2D eigenvalue weighted by molar-refractivity contribution is -0.138. The minimum atomic E-state index is -0.813. The number of rotatable bonds is 5. The molecule has 1 amide bonds. The number of nitrogens with zero attached hydrogens (tertiary/aromatic N) is 1. The molecule has 114 valence electrons. The van der Waals surface area contributed by atoms with E-state index >= 15 is 0 Å². The summed E-state index contributed by atoms with van der Waals surface area (Å²) in [7, 11) is 0. The Morgan fingerprint density at radius 1 is 1.38 bits per heavy atom. The van der Waals surface area contributed by atoms with E-state index in [0.717, 1.165) is 29.3 Å². The van der Waals surface area contributed by atoms with Gasteiger partial charge in [0.1, 0.15) is 0 Å². The first kappa shape index (κ1) is 15.9. The summed E-state index contributed by atoms with van der Waals surface area (Å²) in [6.07, 6.45) is 0.0881. The predicted octanol–water partition coefficient (Wildman–Crippen LogP) is 1.83. The Kier molecular flexibility index (Phi) is 5.64. The molecular weight excluding hydrogens is 288 g/mol. The first-order valence-corrected chi connectivity index (χ1v) is 8.10. The van der Waals surface area contributed by atoms with Gasteiger partial charge >= 0.3 is 5.97 Å². The summed E-state index contributed by atoms with van der Waals surface area (Å²) < 4.78 is 0. The highest BCUT2D eigenvalue weighted by molar-refractivity contribution is 7.99. The number of carbonyl (C=O) groups excluding carboxylic acids is 1. The normalized spacial score (nSPS) is 19.2. The predicted molar refractivity (Wildman–Crippen MR) is 84.7 cm³/mol. The molecule has 1 fully saturated rings. The van der Waals surface area contributed by atoms with E-state index in [9.17, 15) is 9.59 Å². The lowest BCUT2D eigenvalue weighted by Gasteiger charge is -2.33. The van der Waals surface area contributed by atoms with Gasteiger partial charge in [-0.2, -0.15) is 11.8 Å². The van der Waals surface area contributed by atoms with Crippen molar-refractivity contribution in [1.82, 2.24) is 4.90 Å². The molecule has 1 aliphatic heterocycles. The molecule has 0 aromatic heterocycles. The molecule has 0 bridgehead atoms. The van der Waals surface area contributed by atoms with Crippen LogP contribution in [0.3, 0.4) is 0 Å². The number of hydrogen-bond donors (Lipinski definition) is 2. The number of hydrogen-bond acceptors (Lipinski definition) is 4. The monoisotopic (exact) mass is 308 g/mol. The van der Waals surface area contributed by atoms with Crippen molar-refractivity contribution in [2.24, 2.45) is 0 Å². The topological polar surface area (TPSA) is 69.6 Å². The van der Waals surface area contributed by atoms with Crippen molar-refractivity contribution in [1.29, 1.82) is 0 Å². The van der Waals surface area contributed by atoms with Crippen LogP contribution < -0.4 is 5.32 Å². The molecule has 21 heavy (non-hydrogen) atoms. The van der Waals surface area contributed by atoms with Gasteiger partial charge in [-0.3, -0.25) is 14.5 Å². The average molecular weight is 308 g/mol. The third-order valence-corrected chi connectivity index (χ3v) is 4.53. The van der Waals surface area contributed by atoms with Gasteiger partial charge in [0.05, 0.1) is 13.0 Å². The molecule has 1 aromatic carbocycles. The zero-order chi connectivity index (χ0) is 15.2. The molecule has 0 spiro atoms. The van der Waals surface area contributed by atoms with Gasteiger partial charge in [0, 0.05) is 29.8 Å². The van der Waals surface area contributed by atoms with Crippen molar-refractivity contribution >= 4 is 29.3 Å². The van der Waals surface area contributed by atoms with Gasteiger partial charge in [0.15, 0.2) is 0 Å². The van der Waals surface area contributed by atoms with Crippen LogP contribution in [0.1, 0.15) is 12.0 Å². The number of amides is 1. The number of aliphatic carboxylic acids is 1. The van der Waals surface area contributed by atoms with Crippen molar-refractivity contribution in [3.63, 3.8) is 0 Å². The Bertz CT molecular complexity index is 504. The van der Waals surface area contributed by atoms with Crippen LogP contribution in [0.2, 0.25) is 0 Å². The van der Waals surface area contributed by atoms with Gasteiger partial charge in [-0.1, -0.05) is 17.7 Å². The van der Waals surface area contributed by atoms with Crippen LogP contribution >= 0.6 is 11.8 Å². The first-order valence-electron chi connectivity index (χ1n) is 6.94. The second kappa shape index (κ2) is 7.47. The fourth-order valence-electron chi connectivity index (χ4n) is 2.31. The molecular formula is C15H20N2O3S. The number of benzene rings is 1. The SMILES string of the molecule is Cc1ccc(NC(=O)CN2CCSCC2CC(=O)O)cc1. The highest BCUT2D eigenvalue weighted by atomic mass is 32.2. The van der Waals surface area contributed by atoms with Gasteiger partial charge in [0.2, 0.25) is 5.91 Å². The van der Waals surface area contributed by atoms with Crippen molar-refractivity contribution in [3.8, 4) is 0 Å². The Morgan fingerprint density at radius 2 is 2.10 bits per heavy atom. The Balaban J connectivity index is 1.90. The minimum absolute atomic E-state index is 0.0648. The van der Waals surface area contributed by atoms with Gasteiger partial charge in [-0.25, -0.2) is 0 Å². The zero-order valence-electron chi connectivity index (χ0n) is 12.0. The van der Waals surface area contributed by atoms with Crippen LogP contribution in [0.5, 0.6) is 0 Å². The average Bonchev–Trinajstić information content (AvgIpc) is 2.43. The van der Waals surface area contributed by atoms with Crippen molar-refractivity contribution in [3.05, 3.63) is 29.8 Å². The van der Waals surface area contributed by atoms with Gasteiger partial charge < -0.3 is 10.4 Å². The number of nitrogens with one attached hydrogen (secondary N) is 1. The summed E-state index contributed by atoms with van der Waals surface area (Å²) in [6.45, 7) is 2.99. The molecule has 2 rings (SSSR count). The molecule has 0 aliphatic carbocycles. The second-order valence-corrected chi connectivity index (χ2v) is 6.36. The van der Waals surface area contributed by atoms with Gasteiger partial charge in [0.25, 0.3) is 0 Å². The molecule has 0 saturated carbocycles. The van der Waals surface area contributed by atoms with Crippen molar-refractivity contribution < 1.29 is 14.7 Å². The Labute approximate surface area is 128 Å². The van der Waals surface area contributed by atoms with Crippen LogP contribution in [0.4, 0.5) is 5.69 Å². The number of thioether (sulfide) groups is 1. The van der Waals surface area contributed by atoms with Crippen LogP contribution in [0, 0.1) is 6.92 Å². The molecule has 1 aliphatic rings. The third kappa shape index (κ3) is 5.06. The fraction of sp³-hybridized carbons (Fsp3) is 0.467. The number of carbonyl (C=O) groups is 2. The number of anilines is 1. The Morgan fingerprint density at radius 3 is 2.76 bits per heavy atom. The first-order chi connectivity index (χ1) is 10.0. The van der Waals surface area contributed by atoms with E-state index in [1.165, 1.54) is 0 Å². The van der Waals surface area contributed by atoms with Crippen LogP contribution in [-0.2, 0) is 9.59 Å². The maximum absolute atomic E-state index is 12.1. The lowest BCUT2D eigenvalue weighted by atomic mass is 10.2. The molecule has 6 heteroatoms. The summed E-state index contributed by atoms with van der Waals surface area (Å²) in [5.41, 5.74) is 1.91. The van der Waals surface area contributed by atoms with E-state index in [0.29, 0.717) is 0 Å². The van der Waals surface area contributed by atoms with E-state index in [-0.39, 0.29) is 24.9 Å². The molecule has 0 radical (unpaired) electrons. The maximum Gasteiger partial charge on any atom is 0.304 e. The van der Waals surface area contributed by atoms with Gasteiger partial charge in [-0.05, 0) is 19.1 Å². The Hall–Kier alpha value is -1.53. The largest absolute Gasteiger partial charge is 0.481 e. The van der Waals surface area contributed by atoms with Gasteiger partial charge in [-0.15, -0.1) is 0 Å². The number of carboxylic acid groups (broad SMARTS) is 1. The van der Waals surface area contributed by atoms with E-state index in [1.807, 2.05) is 36.1 Å². The number of carboxylic acids is 1. The number of aryl methyl sites for hydroxylation is 1. The van der Waals surface area contributed by atoms with Crippen LogP contribution in [0.25, 0.3) is 0 Å². The summed E-state index contributed by atoms with van der Waals surface area (Å²) in [4.78, 5) is 24.9. The summed E-state index contributed by atoms with van der Waals surface area (Å²) in [5, 5.41) is 11.8. The molecule has 1 heterocycles. The summed E-state index contributed by atoms with van der Waals surface area (Å²) in [5.74, 6) is 0.797. The molecule has 1 saturated heterocycles. The van der Waals surface area contributed by atoms with E-state index in [2.05, 4.69) is 5.32 Å². The second-order valence-electron chi connectivity index (χ2n) is 5.21. The zero-order valence-corrected chi connectivity index (χ0v) is 12.9. The third-order valence-electron chi connectivity index (χ3n) is 3.44.